The summed E-state index contributed by atoms with van der Waals surface area (Å²) in [6.45, 7) is 2.04. The summed E-state index contributed by atoms with van der Waals surface area (Å²) in [6, 6.07) is 9.14. The van der Waals surface area contributed by atoms with Gasteiger partial charge in [0.25, 0.3) is 0 Å². The van der Waals surface area contributed by atoms with Crippen LogP contribution in [0.5, 0.6) is 0 Å². The largest absolute Gasteiger partial charge is 0.400 e. The topological polar surface area (TPSA) is 114 Å². The Morgan fingerprint density at radius 1 is 0.840 bits per heavy atom. The number of hydrogen-bond acceptors (Lipinski definition) is 9. The summed E-state index contributed by atoms with van der Waals surface area (Å²) in [7, 11) is -8.54. The molecule has 0 N–H and O–H groups in total. The van der Waals surface area contributed by atoms with Crippen LogP contribution in [0.1, 0.15) is 19.4 Å². The lowest BCUT2D eigenvalue weighted by atomic mass is 10.2. The molecular formula is C14H22O9S2. The summed E-state index contributed by atoms with van der Waals surface area (Å²) in [5.41, 5.74) is 0.858. The molecule has 0 aromatic heterocycles. The second-order valence-corrected chi connectivity index (χ2v) is 7.17. The predicted octanol–water partition coefficient (Wildman–Crippen LogP) is 1.17. The van der Waals surface area contributed by atoms with Crippen molar-refractivity contribution >= 4 is 20.8 Å². The van der Waals surface area contributed by atoms with Gasteiger partial charge in [0, 0.05) is 0 Å². The molecule has 1 unspecified atom stereocenters. The van der Waals surface area contributed by atoms with Crippen molar-refractivity contribution in [2.45, 2.75) is 26.6 Å². The van der Waals surface area contributed by atoms with Crippen molar-refractivity contribution in [2.75, 3.05) is 26.4 Å². The van der Waals surface area contributed by atoms with Crippen LogP contribution in [0.15, 0.2) is 30.3 Å². The first kappa shape index (κ1) is 22.0. The second kappa shape index (κ2) is 10.8. The van der Waals surface area contributed by atoms with Crippen LogP contribution in [0.25, 0.3) is 0 Å². The zero-order valence-corrected chi connectivity index (χ0v) is 15.6. The molecular weight excluding hydrogens is 376 g/mol. The van der Waals surface area contributed by atoms with Crippen molar-refractivity contribution in [2.24, 2.45) is 0 Å². The third-order valence-corrected chi connectivity index (χ3v) is 4.57. The van der Waals surface area contributed by atoms with Crippen molar-refractivity contribution in [1.29, 1.82) is 0 Å². The first-order valence-corrected chi connectivity index (χ1v) is 10.2. The molecule has 25 heavy (non-hydrogen) atoms. The zero-order valence-electron chi connectivity index (χ0n) is 14.0. The van der Waals surface area contributed by atoms with E-state index in [2.05, 4.69) is 12.5 Å². The average molecular weight is 398 g/mol. The van der Waals surface area contributed by atoms with Gasteiger partial charge in [-0.1, -0.05) is 30.3 Å². The summed E-state index contributed by atoms with van der Waals surface area (Å²) in [5, 5.41) is 0. The van der Waals surface area contributed by atoms with E-state index in [0.717, 1.165) is 5.56 Å². The van der Waals surface area contributed by atoms with Gasteiger partial charge in [-0.05, 0) is 19.4 Å². The molecule has 0 amide bonds. The van der Waals surface area contributed by atoms with E-state index in [9.17, 15) is 16.8 Å². The molecule has 0 aliphatic heterocycles. The van der Waals surface area contributed by atoms with Gasteiger partial charge >= 0.3 is 20.8 Å². The molecule has 0 saturated carbocycles. The maximum absolute atomic E-state index is 11.6. The molecule has 0 aliphatic carbocycles. The maximum Gasteiger partial charge on any atom is 0.400 e. The lowest BCUT2D eigenvalue weighted by Crippen LogP contribution is -2.31. The molecule has 144 valence electrons. The smallest absolute Gasteiger partial charge is 0.374 e. The first-order chi connectivity index (χ1) is 11.8. The van der Waals surface area contributed by atoms with Crippen molar-refractivity contribution in [1.82, 2.24) is 0 Å². The normalized spacial score (nSPS) is 13.7. The maximum atomic E-state index is 11.6. The van der Waals surface area contributed by atoms with Crippen molar-refractivity contribution in [3.8, 4) is 0 Å². The summed E-state index contributed by atoms with van der Waals surface area (Å²) in [5.74, 6) is 0. The van der Waals surface area contributed by atoms with Crippen LogP contribution in [0, 0.1) is 0 Å². The molecule has 0 fully saturated rings. The molecule has 0 radical (unpaired) electrons. The van der Waals surface area contributed by atoms with Crippen LogP contribution in [-0.2, 0) is 48.9 Å². The van der Waals surface area contributed by atoms with Gasteiger partial charge < -0.3 is 4.74 Å². The van der Waals surface area contributed by atoms with E-state index in [1.807, 2.05) is 30.3 Å². The third kappa shape index (κ3) is 9.84. The Kier molecular flexibility index (Phi) is 9.50. The fraction of sp³-hybridized carbons (Fsp3) is 0.571. The van der Waals surface area contributed by atoms with Crippen LogP contribution >= 0.6 is 0 Å². The van der Waals surface area contributed by atoms with E-state index in [4.69, 9.17) is 8.92 Å². The molecule has 9 nitrogen and oxygen atoms in total. The summed E-state index contributed by atoms with van der Waals surface area (Å²) in [6.07, 6.45) is -1.23. The van der Waals surface area contributed by atoms with Crippen molar-refractivity contribution < 1.29 is 38.3 Å². The Morgan fingerprint density at radius 2 is 1.44 bits per heavy atom. The minimum Gasteiger partial charge on any atom is -0.374 e. The quantitative estimate of drug-likeness (QED) is 0.483. The van der Waals surface area contributed by atoms with Crippen LogP contribution < -0.4 is 0 Å². The first-order valence-electron chi connectivity index (χ1n) is 7.51. The van der Waals surface area contributed by atoms with E-state index < -0.39 is 33.5 Å². The Labute approximate surface area is 148 Å². The van der Waals surface area contributed by atoms with E-state index in [0.29, 0.717) is 0 Å². The molecule has 1 rings (SSSR count). The summed E-state index contributed by atoms with van der Waals surface area (Å²) < 4.78 is 69.6. The fourth-order valence-electron chi connectivity index (χ4n) is 1.66. The highest BCUT2D eigenvalue weighted by Gasteiger charge is 2.24. The standard InChI is InChI=1S/C14H22O9S2/c1-3-20-24(15,16)22-12-14(23-25(17,18)21-4-2)11-19-10-13-8-6-5-7-9-13/h5-9,14H,3-4,10-12H2,1-2H3. The molecule has 1 aromatic carbocycles. The lowest BCUT2D eigenvalue weighted by molar-refractivity contribution is 0.0117. The van der Waals surface area contributed by atoms with E-state index in [1.54, 1.807) is 0 Å². The minimum absolute atomic E-state index is 0.115. The molecule has 0 spiro atoms. The predicted molar refractivity (Wildman–Crippen MR) is 88.0 cm³/mol. The number of rotatable bonds is 13. The number of benzene rings is 1. The summed E-state index contributed by atoms with van der Waals surface area (Å²) >= 11 is 0. The Hall–Kier alpha value is -1.08. The number of ether oxygens (including phenoxy) is 1. The monoisotopic (exact) mass is 398 g/mol. The highest BCUT2D eigenvalue weighted by Crippen LogP contribution is 2.08. The second-order valence-electron chi connectivity index (χ2n) is 4.63. The van der Waals surface area contributed by atoms with Gasteiger partial charge in [0.2, 0.25) is 0 Å². The highest BCUT2D eigenvalue weighted by atomic mass is 32.3. The zero-order chi connectivity index (χ0) is 18.8. The SMILES string of the molecule is CCOS(=O)(=O)OCC(COCc1ccccc1)OS(=O)(=O)OCC. The van der Waals surface area contributed by atoms with Gasteiger partial charge in [-0.2, -0.15) is 16.8 Å². The van der Waals surface area contributed by atoms with Crippen LogP contribution in [0.3, 0.4) is 0 Å². The van der Waals surface area contributed by atoms with Crippen LogP contribution in [-0.4, -0.2) is 49.4 Å². The Bertz CT molecular complexity index is 686. The van der Waals surface area contributed by atoms with Crippen molar-refractivity contribution in [3.63, 3.8) is 0 Å². The van der Waals surface area contributed by atoms with Gasteiger partial charge in [-0.3, -0.25) is 0 Å². The lowest BCUT2D eigenvalue weighted by Gasteiger charge is -2.17. The molecule has 0 saturated heterocycles. The molecule has 0 bridgehead atoms. The van der Waals surface area contributed by atoms with Gasteiger partial charge in [0.15, 0.2) is 0 Å². The Morgan fingerprint density at radius 3 is 2.04 bits per heavy atom. The average Bonchev–Trinajstić information content (AvgIpc) is 2.53. The van der Waals surface area contributed by atoms with Crippen molar-refractivity contribution in [3.05, 3.63) is 35.9 Å². The third-order valence-electron chi connectivity index (χ3n) is 2.59. The van der Waals surface area contributed by atoms with Gasteiger partial charge in [-0.25, -0.2) is 16.7 Å². The molecule has 11 heteroatoms. The van der Waals surface area contributed by atoms with Gasteiger partial charge in [0.05, 0.1) is 33.0 Å². The van der Waals surface area contributed by atoms with E-state index in [1.165, 1.54) is 13.8 Å². The number of hydrogen-bond donors (Lipinski definition) is 0. The molecule has 0 aliphatic rings. The van der Waals surface area contributed by atoms with Crippen LogP contribution in [0.2, 0.25) is 0 Å². The van der Waals surface area contributed by atoms with Gasteiger partial charge in [0.1, 0.15) is 6.10 Å². The highest BCUT2D eigenvalue weighted by molar-refractivity contribution is 7.82. The minimum atomic E-state index is -4.30. The molecule has 1 aromatic rings. The molecule has 0 heterocycles. The molecule has 1 atom stereocenters. The fourth-order valence-corrected chi connectivity index (χ4v) is 3.13. The Balaban J connectivity index is 2.63. The van der Waals surface area contributed by atoms with Crippen LogP contribution in [0.4, 0.5) is 0 Å². The van der Waals surface area contributed by atoms with E-state index in [-0.39, 0.29) is 26.4 Å². The summed E-state index contributed by atoms with van der Waals surface area (Å²) in [4.78, 5) is 0. The van der Waals surface area contributed by atoms with Gasteiger partial charge in [-0.15, -0.1) is 0 Å². The van der Waals surface area contributed by atoms with E-state index >= 15 is 0 Å².